The molecule has 3 aromatic carbocycles. The molecule has 0 heterocycles. The summed E-state index contributed by atoms with van der Waals surface area (Å²) in [6, 6.07) is 20.0. The van der Waals surface area contributed by atoms with Gasteiger partial charge in [0, 0.05) is 23.7 Å². The molecule has 0 aliphatic heterocycles. The largest absolute Gasteiger partial charge is 0.497 e. The zero-order valence-corrected chi connectivity index (χ0v) is 22.7. The Kier molecular flexibility index (Phi) is 9.76. The van der Waals surface area contributed by atoms with Crippen LogP contribution in [0, 0.1) is 26.2 Å². The molecule has 0 bridgehead atoms. The maximum absolute atomic E-state index is 12.7. The standard InChI is InChI=1S/C28H24IN3O5/c1-34-23-9-8-20(25(13-23)35-2)16-32-28(33)22(15-31)10-18-11-24(29)27(26(12-18)36-3)37-17-21-7-5-4-6-19(21)14-30/h4-13H,16-17H2,1-3H3,(H,32,33)/b22-10+. The first kappa shape index (κ1) is 27.4. The van der Waals surface area contributed by atoms with E-state index in [2.05, 4.69) is 34.0 Å². The van der Waals surface area contributed by atoms with E-state index in [4.69, 9.17) is 18.9 Å². The van der Waals surface area contributed by atoms with Crippen LogP contribution in [-0.4, -0.2) is 27.2 Å². The van der Waals surface area contributed by atoms with Gasteiger partial charge in [-0.15, -0.1) is 0 Å². The summed E-state index contributed by atoms with van der Waals surface area (Å²) in [5.74, 6) is 1.61. The summed E-state index contributed by atoms with van der Waals surface area (Å²) in [6.07, 6.45) is 1.49. The number of hydrogen-bond donors (Lipinski definition) is 1. The average Bonchev–Trinajstić information content (AvgIpc) is 2.93. The van der Waals surface area contributed by atoms with Crippen LogP contribution in [0.1, 0.15) is 22.3 Å². The number of benzene rings is 3. The van der Waals surface area contributed by atoms with Gasteiger partial charge in [0.25, 0.3) is 5.91 Å². The summed E-state index contributed by atoms with van der Waals surface area (Å²) in [5, 5.41) is 21.7. The van der Waals surface area contributed by atoms with Crippen molar-refractivity contribution in [2.75, 3.05) is 21.3 Å². The quantitative estimate of drug-likeness (QED) is 0.196. The Morgan fingerprint density at radius 3 is 2.41 bits per heavy atom. The third-order valence-electron chi connectivity index (χ3n) is 5.37. The van der Waals surface area contributed by atoms with E-state index < -0.39 is 5.91 Å². The van der Waals surface area contributed by atoms with Crippen molar-refractivity contribution in [1.82, 2.24) is 5.32 Å². The van der Waals surface area contributed by atoms with Gasteiger partial charge in [0.15, 0.2) is 11.5 Å². The Morgan fingerprint density at radius 2 is 1.73 bits per heavy atom. The molecule has 0 radical (unpaired) electrons. The van der Waals surface area contributed by atoms with Crippen LogP contribution in [0.15, 0.2) is 60.2 Å². The number of hydrogen-bond acceptors (Lipinski definition) is 7. The number of nitrogens with zero attached hydrogens (tertiary/aromatic N) is 2. The molecule has 0 aliphatic carbocycles. The van der Waals surface area contributed by atoms with E-state index >= 15 is 0 Å². The minimum atomic E-state index is -0.525. The summed E-state index contributed by atoms with van der Waals surface area (Å²) < 4.78 is 22.8. The predicted molar refractivity (Wildman–Crippen MR) is 146 cm³/mol. The van der Waals surface area contributed by atoms with E-state index in [0.717, 1.165) is 14.7 Å². The molecule has 0 unspecified atom stereocenters. The topological polar surface area (TPSA) is 114 Å². The van der Waals surface area contributed by atoms with E-state index in [9.17, 15) is 15.3 Å². The lowest BCUT2D eigenvalue weighted by Gasteiger charge is -2.14. The number of rotatable bonds is 10. The fourth-order valence-corrected chi connectivity index (χ4v) is 4.23. The molecule has 1 N–H and O–H groups in total. The van der Waals surface area contributed by atoms with Crippen molar-refractivity contribution in [3.05, 3.63) is 86.0 Å². The number of methoxy groups -OCH3 is 3. The van der Waals surface area contributed by atoms with Crippen LogP contribution in [0.3, 0.4) is 0 Å². The molecule has 0 aliphatic rings. The number of nitriles is 2. The zero-order chi connectivity index (χ0) is 26.8. The van der Waals surface area contributed by atoms with E-state index in [1.165, 1.54) is 20.3 Å². The second-order valence-electron chi connectivity index (χ2n) is 7.62. The van der Waals surface area contributed by atoms with Crippen LogP contribution in [0.25, 0.3) is 6.08 Å². The molecule has 0 aromatic heterocycles. The second-order valence-corrected chi connectivity index (χ2v) is 8.78. The minimum Gasteiger partial charge on any atom is -0.497 e. The van der Waals surface area contributed by atoms with Crippen LogP contribution in [0.4, 0.5) is 0 Å². The maximum Gasteiger partial charge on any atom is 0.262 e. The molecule has 3 aromatic rings. The van der Waals surface area contributed by atoms with Crippen LogP contribution in [0.2, 0.25) is 0 Å². The van der Waals surface area contributed by atoms with Crippen LogP contribution in [0.5, 0.6) is 23.0 Å². The van der Waals surface area contributed by atoms with Gasteiger partial charge < -0.3 is 24.3 Å². The van der Waals surface area contributed by atoms with Gasteiger partial charge in [-0.1, -0.05) is 18.2 Å². The third-order valence-corrected chi connectivity index (χ3v) is 6.17. The van der Waals surface area contributed by atoms with Crippen LogP contribution < -0.4 is 24.3 Å². The maximum atomic E-state index is 12.7. The number of ether oxygens (including phenoxy) is 4. The average molecular weight is 609 g/mol. The van der Waals surface area contributed by atoms with Gasteiger partial charge in [0.2, 0.25) is 0 Å². The van der Waals surface area contributed by atoms with Crippen molar-refractivity contribution >= 4 is 34.6 Å². The summed E-state index contributed by atoms with van der Waals surface area (Å²) in [4.78, 5) is 12.7. The first-order valence-electron chi connectivity index (χ1n) is 11.0. The van der Waals surface area contributed by atoms with Crippen LogP contribution >= 0.6 is 22.6 Å². The lowest BCUT2D eigenvalue weighted by molar-refractivity contribution is -0.117. The SMILES string of the molecule is COc1ccc(CNC(=O)/C(C#N)=C/c2cc(I)c(OCc3ccccc3C#N)c(OC)c2)c(OC)c1. The highest BCUT2D eigenvalue weighted by Gasteiger charge is 2.15. The fourth-order valence-electron chi connectivity index (χ4n) is 3.45. The number of amides is 1. The molecular weight excluding hydrogens is 585 g/mol. The highest BCUT2D eigenvalue weighted by atomic mass is 127. The molecule has 8 nitrogen and oxygen atoms in total. The van der Waals surface area contributed by atoms with E-state index in [1.54, 1.807) is 49.6 Å². The first-order valence-corrected chi connectivity index (χ1v) is 12.1. The molecule has 37 heavy (non-hydrogen) atoms. The molecule has 3 rings (SSSR count). The van der Waals surface area contributed by atoms with Gasteiger partial charge >= 0.3 is 0 Å². The molecule has 0 fully saturated rings. The van der Waals surface area contributed by atoms with Crippen molar-refractivity contribution in [2.45, 2.75) is 13.2 Å². The summed E-state index contributed by atoms with van der Waals surface area (Å²) in [6.45, 7) is 0.356. The molecule has 0 spiro atoms. The molecule has 9 heteroatoms. The minimum absolute atomic E-state index is 0.0676. The van der Waals surface area contributed by atoms with Crippen molar-refractivity contribution in [3.8, 4) is 35.1 Å². The van der Waals surface area contributed by atoms with Gasteiger partial charge in [-0.25, -0.2) is 0 Å². The third kappa shape index (κ3) is 6.93. The Labute approximate surface area is 229 Å². The number of carbonyl (C=O) groups excluding carboxylic acids is 1. The van der Waals surface area contributed by atoms with Gasteiger partial charge in [-0.05, 0) is 64.6 Å². The van der Waals surface area contributed by atoms with Crippen molar-refractivity contribution in [1.29, 1.82) is 10.5 Å². The second kappa shape index (κ2) is 13.2. The van der Waals surface area contributed by atoms with Crippen molar-refractivity contribution < 1.29 is 23.7 Å². The zero-order valence-electron chi connectivity index (χ0n) is 20.5. The summed E-state index contributed by atoms with van der Waals surface area (Å²) in [5.41, 5.74) is 2.56. The summed E-state index contributed by atoms with van der Waals surface area (Å²) in [7, 11) is 4.60. The van der Waals surface area contributed by atoms with Crippen molar-refractivity contribution in [3.63, 3.8) is 0 Å². The van der Waals surface area contributed by atoms with E-state index in [1.807, 2.05) is 18.2 Å². The lowest BCUT2D eigenvalue weighted by atomic mass is 10.1. The highest BCUT2D eigenvalue weighted by molar-refractivity contribution is 14.1. The van der Waals surface area contributed by atoms with Crippen LogP contribution in [-0.2, 0) is 17.9 Å². The highest BCUT2D eigenvalue weighted by Crippen LogP contribution is 2.35. The number of carbonyl (C=O) groups is 1. The Balaban J connectivity index is 1.78. The van der Waals surface area contributed by atoms with Gasteiger partial charge in [0.05, 0.1) is 36.5 Å². The molecular formula is C28H24IN3O5. The first-order chi connectivity index (χ1) is 17.9. The predicted octanol–water partition coefficient (Wildman–Crippen LogP) is 4.99. The van der Waals surface area contributed by atoms with Gasteiger partial charge in [-0.2, -0.15) is 10.5 Å². The molecule has 0 saturated carbocycles. The Morgan fingerprint density at radius 1 is 0.973 bits per heavy atom. The molecule has 0 saturated heterocycles. The molecule has 1 amide bonds. The fraction of sp³-hybridized carbons (Fsp3) is 0.179. The van der Waals surface area contributed by atoms with Crippen molar-refractivity contribution in [2.24, 2.45) is 0 Å². The molecule has 188 valence electrons. The summed E-state index contributed by atoms with van der Waals surface area (Å²) >= 11 is 2.10. The smallest absolute Gasteiger partial charge is 0.262 e. The lowest BCUT2D eigenvalue weighted by Crippen LogP contribution is -2.24. The van der Waals surface area contributed by atoms with Gasteiger partial charge in [0.1, 0.15) is 29.7 Å². The Bertz CT molecular complexity index is 1410. The van der Waals surface area contributed by atoms with E-state index in [-0.39, 0.29) is 18.7 Å². The number of nitrogens with one attached hydrogen (secondary N) is 1. The van der Waals surface area contributed by atoms with Gasteiger partial charge in [-0.3, -0.25) is 4.79 Å². The number of halogens is 1. The monoisotopic (exact) mass is 609 g/mol. The van der Waals surface area contributed by atoms with E-state index in [0.29, 0.717) is 34.1 Å². The molecule has 0 atom stereocenters. The normalized spacial score (nSPS) is 10.6. The Hall–Kier alpha value is -4.22.